The maximum atomic E-state index is 13.1. The Balaban J connectivity index is 5.23. The predicted octanol–water partition coefficient (Wildman–Crippen LogP) is 23.6. The monoisotopic (exact) mass is 1450 g/mol. The van der Waals surface area contributed by atoms with Crippen LogP contribution in [0.1, 0.15) is 409 Å². The van der Waals surface area contributed by atoms with Crippen molar-refractivity contribution in [1.82, 2.24) is 0 Å². The highest BCUT2D eigenvalue weighted by Crippen LogP contribution is 2.45. The number of phosphoric ester groups is 2. The molecule has 0 aliphatic rings. The second-order valence-electron chi connectivity index (χ2n) is 30.5. The van der Waals surface area contributed by atoms with Crippen LogP contribution in [0.3, 0.4) is 0 Å². The van der Waals surface area contributed by atoms with Crippen LogP contribution in [0.4, 0.5) is 0 Å². The lowest BCUT2D eigenvalue weighted by molar-refractivity contribution is -0.161. The first kappa shape index (κ1) is 97.1. The Morgan fingerprint density at radius 3 is 0.717 bits per heavy atom. The first-order valence-corrected chi connectivity index (χ1v) is 44.2. The molecule has 588 valence electrons. The Morgan fingerprint density at radius 2 is 0.485 bits per heavy atom. The van der Waals surface area contributed by atoms with Crippen LogP contribution < -0.4 is 0 Å². The summed E-state index contributed by atoms with van der Waals surface area (Å²) >= 11 is 0. The summed E-state index contributed by atoms with van der Waals surface area (Å²) in [5, 5.41) is 10.6. The number of esters is 4. The standard InChI is InChI=1S/C80H156O17P2/c1-9-73(8)59-51-43-38-39-45-53-61-78(83)91-67-76(97-79(84)62-54-46-36-30-24-18-14-16-21-27-33-41-49-57-71(4)5)69-95-99(88,89)93-65-74(81)64-92-98(86,87)94-68-75(96-80(85)63-55-47-37-31-25-19-22-28-34-42-50-58-72(6)7)66-90-77(82)60-52-44-35-29-23-17-13-11-10-12-15-20-26-32-40-48-56-70(2)3/h70-76,81H,9-69H2,1-8H3,(H,86,87)(H,88,89)/t73?,74-,75-,76-/m1/s1. The third-order valence-electron chi connectivity index (χ3n) is 18.9. The SMILES string of the molecule is CCC(C)CCCCCCCCC(=O)OC[C@H](COP(=O)(O)OC[C@H](O)COP(=O)(O)OC[C@@H](COC(=O)CCCCCCCCCCCCCCCCCCC(C)C)OC(=O)CCCCCCCCCCCCCC(C)C)OC(=O)CCCCCCCCCCCCCCCC(C)C. The lowest BCUT2D eigenvalue weighted by Gasteiger charge is -2.21. The highest BCUT2D eigenvalue weighted by molar-refractivity contribution is 7.47. The molecular formula is C80H156O17P2. The summed E-state index contributed by atoms with van der Waals surface area (Å²) in [4.78, 5) is 73.0. The molecule has 0 spiro atoms. The van der Waals surface area contributed by atoms with Crippen LogP contribution in [0.25, 0.3) is 0 Å². The van der Waals surface area contributed by atoms with E-state index in [2.05, 4.69) is 55.4 Å². The van der Waals surface area contributed by atoms with Gasteiger partial charge in [-0.15, -0.1) is 0 Å². The van der Waals surface area contributed by atoms with E-state index in [4.69, 9.17) is 37.0 Å². The van der Waals surface area contributed by atoms with E-state index >= 15 is 0 Å². The normalized spacial score (nSPS) is 14.3. The molecule has 0 fully saturated rings. The highest BCUT2D eigenvalue weighted by Gasteiger charge is 2.30. The quantitative estimate of drug-likeness (QED) is 0.0222. The van der Waals surface area contributed by atoms with Gasteiger partial charge < -0.3 is 33.8 Å². The zero-order valence-corrected chi connectivity index (χ0v) is 66.9. The van der Waals surface area contributed by atoms with E-state index in [9.17, 15) is 43.2 Å². The van der Waals surface area contributed by atoms with Gasteiger partial charge in [0, 0.05) is 25.7 Å². The summed E-state index contributed by atoms with van der Waals surface area (Å²) in [5.41, 5.74) is 0. The maximum absolute atomic E-state index is 13.1. The number of carbonyl (C=O) groups excluding carboxylic acids is 4. The van der Waals surface area contributed by atoms with E-state index < -0.39 is 97.5 Å². The van der Waals surface area contributed by atoms with E-state index in [-0.39, 0.29) is 25.7 Å². The maximum Gasteiger partial charge on any atom is 0.472 e. The summed E-state index contributed by atoms with van der Waals surface area (Å²) < 4.78 is 68.7. The molecule has 0 radical (unpaired) electrons. The van der Waals surface area contributed by atoms with Crippen LogP contribution >= 0.6 is 15.6 Å². The molecule has 0 saturated carbocycles. The molecule has 3 N–H and O–H groups in total. The van der Waals surface area contributed by atoms with Crippen molar-refractivity contribution in [2.75, 3.05) is 39.6 Å². The summed E-state index contributed by atoms with van der Waals surface area (Å²) in [6, 6.07) is 0. The molecule has 0 saturated heterocycles. The van der Waals surface area contributed by atoms with Gasteiger partial charge >= 0.3 is 39.5 Å². The molecule has 0 aromatic heterocycles. The smallest absolute Gasteiger partial charge is 0.462 e. The number of aliphatic hydroxyl groups excluding tert-OH is 1. The van der Waals surface area contributed by atoms with E-state index in [1.54, 1.807) is 0 Å². The lowest BCUT2D eigenvalue weighted by Crippen LogP contribution is -2.30. The van der Waals surface area contributed by atoms with Gasteiger partial charge in [-0.2, -0.15) is 0 Å². The number of unbranched alkanes of at least 4 members (excludes halogenated alkanes) is 42. The topological polar surface area (TPSA) is 237 Å². The molecule has 0 aliphatic carbocycles. The molecule has 0 aliphatic heterocycles. The molecule has 99 heavy (non-hydrogen) atoms. The van der Waals surface area contributed by atoms with Crippen molar-refractivity contribution in [3.63, 3.8) is 0 Å². The van der Waals surface area contributed by atoms with Crippen molar-refractivity contribution in [1.29, 1.82) is 0 Å². The second-order valence-corrected chi connectivity index (χ2v) is 33.4. The van der Waals surface area contributed by atoms with Crippen molar-refractivity contribution in [3.05, 3.63) is 0 Å². The van der Waals surface area contributed by atoms with E-state index in [0.717, 1.165) is 120 Å². The fourth-order valence-electron chi connectivity index (χ4n) is 12.2. The average Bonchev–Trinajstić information content (AvgIpc) is 0.973. The Morgan fingerprint density at radius 1 is 0.283 bits per heavy atom. The molecule has 3 unspecified atom stereocenters. The molecule has 0 bridgehead atoms. The van der Waals surface area contributed by atoms with Crippen LogP contribution in [-0.4, -0.2) is 96.7 Å². The Hall–Kier alpha value is -1.94. The molecule has 0 heterocycles. The largest absolute Gasteiger partial charge is 0.472 e. The van der Waals surface area contributed by atoms with Crippen LogP contribution in [0.2, 0.25) is 0 Å². The van der Waals surface area contributed by atoms with Crippen molar-refractivity contribution in [2.24, 2.45) is 23.7 Å². The zero-order chi connectivity index (χ0) is 73.1. The number of phosphoric acid groups is 2. The second kappa shape index (κ2) is 69.1. The fraction of sp³-hybridized carbons (Fsp3) is 0.950. The third kappa shape index (κ3) is 72.8. The van der Waals surface area contributed by atoms with Crippen molar-refractivity contribution in [3.8, 4) is 0 Å². The summed E-state index contributed by atoms with van der Waals surface area (Å²) in [7, 11) is -9.92. The molecule has 19 heteroatoms. The molecule has 17 nitrogen and oxygen atoms in total. The summed E-state index contributed by atoms with van der Waals surface area (Å²) in [5.74, 6) is 0.979. The minimum absolute atomic E-state index is 0.106. The Kier molecular flexibility index (Phi) is 67.8. The molecule has 0 aromatic rings. The number of hydrogen-bond acceptors (Lipinski definition) is 15. The number of carbonyl (C=O) groups is 4. The molecule has 0 aromatic carbocycles. The van der Waals surface area contributed by atoms with Crippen LogP contribution in [0.15, 0.2) is 0 Å². The average molecular weight is 1450 g/mol. The number of hydrogen-bond donors (Lipinski definition) is 3. The van der Waals surface area contributed by atoms with Crippen LogP contribution in [0, 0.1) is 23.7 Å². The minimum Gasteiger partial charge on any atom is -0.462 e. The van der Waals surface area contributed by atoms with Gasteiger partial charge in [0.05, 0.1) is 26.4 Å². The van der Waals surface area contributed by atoms with Gasteiger partial charge in [0.15, 0.2) is 12.2 Å². The summed E-state index contributed by atoms with van der Waals surface area (Å²) in [6.07, 6.45) is 55.5. The van der Waals surface area contributed by atoms with E-state index in [0.29, 0.717) is 25.7 Å². The van der Waals surface area contributed by atoms with Gasteiger partial charge in [0.1, 0.15) is 19.3 Å². The van der Waals surface area contributed by atoms with Crippen molar-refractivity contribution >= 4 is 39.5 Å². The fourth-order valence-corrected chi connectivity index (χ4v) is 13.8. The van der Waals surface area contributed by atoms with Crippen LogP contribution in [-0.2, 0) is 65.4 Å². The van der Waals surface area contributed by atoms with Gasteiger partial charge in [-0.3, -0.25) is 37.3 Å². The Bertz CT molecular complexity index is 1940. The van der Waals surface area contributed by atoms with E-state index in [1.807, 2.05) is 0 Å². The van der Waals surface area contributed by atoms with Gasteiger partial charge in [-0.25, -0.2) is 9.13 Å². The first-order valence-electron chi connectivity index (χ1n) is 41.2. The van der Waals surface area contributed by atoms with Crippen molar-refractivity contribution < 1.29 is 80.2 Å². The number of rotatable bonds is 77. The number of aliphatic hydroxyl groups is 1. The molecule has 6 atom stereocenters. The van der Waals surface area contributed by atoms with Gasteiger partial charge in [-0.05, 0) is 49.4 Å². The molecule has 0 amide bonds. The highest BCUT2D eigenvalue weighted by atomic mass is 31.2. The molecular weight excluding hydrogens is 1290 g/mol. The van der Waals surface area contributed by atoms with Crippen molar-refractivity contribution in [2.45, 2.75) is 427 Å². The van der Waals surface area contributed by atoms with E-state index in [1.165, 1.54) is 205 Å². The van der Waals surface area contributed by atoms with Gasteiger partial charge in [-0.1, -0.05) is 357 Å². The Labute approximate surface area is 607 Å². The first-order chi connectivity index (χ1) is 47.6. The van der Waals surface area contributed by atoms with Gasteiger partial charge in [0.2, 0.25) is 0 Å². The zero-order valence-electron chi connectivity index (χ0n) is 65.1. The van der Waals surface area contributed by atoms with Gasteiger partial charge in [0.25, 0.3) is 0 Å². The predicted molar refractivity (Wildman–Crippen MR) is 404 cm³/mol. The van der Waals surface area contributed by atoms with Crippen LogP contribution in [0.5, 0.6) is 0 Å². The third-order valence-corrected chi connectivity index (χ3v) is 20.8. The minimum atomic E-state index is -4.96. The summed E-state index contributed by atoms with van der Waals surface area (Å²) in [6.45, 7) is 14.2. The number of ether oxygens (including phenoxy) is 4. The molecule has 0 rings (SSSR count). The lowest BCUT2D eigenvalue weighted by atomic mass is 10.00.